The number of anilines is 4. The van der Waals surface area contributed by atoms with E-state index < -0.39 is 0 Å². The maximum Gasteiger partial charge on any atom is 0.231 e. The molecule has 2 N–H and O–H groups in total. The molecule has 0 amide bonds. The maximum absolute atomic E-state index is 13.7. The van der Waals surface area contributed by atoms with Gasteiger partial charge in [0.2, 0.25) is 5.95 Å². The van der Waals surface area contributed by atoms with Gasteiger partial charge in [-0.15, -0.1) is 0 Å². The highest BCUT2D eigenvalue weighted by atomic mass is 35.5. The molecule has 0 spiro atoms. The van der Waals surface area contributed by atoms with Crippen molar-refractivity contribution < 1.29 is 4.39 Å². The first kappa shape index (κ1) is 19.0. The molecule has 8 heteroatoms. The summed E-state index contributed by atoms with van der Waals surface area (Å²) in [5.41, 5.74) is 2.83. The Balaban J connectivity index is 1.63. The van der Waals surface area contributed by atoms with Crippen LogP contribution in [0.1, 0.15) is 0 Å². The number of para-hydroxylation sites is 1. The molecule has 3 aromatic carbocycles. The number of nitrogens with zero attached hydrogens (tertiary/aromatic N) is 4. The number of fused-ring (bicyclic) bond motifs is 1. The van der Waals surface area contributed by atoms with Gasteiger partial charge in [0.05, 0.1) is 17.3 Å². The third-order valence-electron chi connectivity index (χ3n) is 4.62. The summed E-state index contributed by atoms with van der Waals surface area (Å²) in [5, 5.41) is 12.2. The molecule has 5 aromatic rings. The standard InChI is InChI=1S/C23H16ClFN6/c24-15-9-11-17(12-10-15)28-23-29-21(27-18-6-4-5-16(25)13-18)20-14-26-31(22(20)30-23)19-7-2-1-3-8-19/h1-14H,(H2,27,28,29,30). The fourth-order valence-electron chi connectivity index (χ4n) is 3.18. The van der Waals surface area contributed by atoms with Gasteiger partial charge < -0.3 is 10.6 Å². The summed E-state index contributed by atoms with van der Waals surface area (Å²) in [5.74, 6) is 0.537. The molecule has 0 saturated carbocycles. The zero-order valence-corrected chi connectivity index (χ0v) is 16.9. The quantitative estimate of drug-likeness (QED) is 0.353. The molecular weight excluding hydrogens is 415 g/mol. The minimum absolute atomic E-state index is 0.338. The van der Waals surface area contributed by atoms with E-state index in [1.807, 2.05) is 42.5 Å². The molecule has 2 heterocycles. The van der Waals surface area contributed by atoms with Gasteiger partial charge in [-0.25, -0.2) is 9.07 Å². The summed E-state index contributed by atoms with van der Waals surface area (Å²) in [6, 6.07) is 23.1. The molecule has 0 atom stereocenters. The van der Waals surface area contributed by atoms with Gasteiger partial charge in [-0.05, 0) is 54.6 Å². The van der Waals surface area contributed by atoms with Crippen molar-refractivity contribution in [1.29, 1.82) is 0 Å². The van der Waals surface area contributed by atoms with Crippen LogP contribution in [0.4, 0.5) is 27.5 Å². The third kappa shape index (κ3) is 4.04. The van der Waals surface area contributed by atoms with Crippen LogP contribution in [0.5, 0.6) is 0 Å². The molecule has 0 aliphatic carbocycles. The Morgan fingerprint density at radius 3 is 2.39 bits per heavy atom. The normalized spacial score (nSPS) is 10.9. The second-order valence-corrected chi connectivity index (χ2v) is 7.23. The molecule has 5 rings (SSSR count). The zero-order chi connectivity index (χ0) is 21.2. The van der Waals surface area contributed by atoms with Gasteiger partial charge in [0.1, 0.15) is 11.6 Å². The van der Waals surface area contributed by atoms with Gasteiger partial charge in [-0.2, -0.15) is 15.1 Å². The molecule has 0 radical (unpaired) electrons. The Bertz CT molecular complexity index is 1350. The van der Waals surface area contributed by atoms with Crippen LogP contribution in [0.25, 0.3) is 16.7 Å². The molecule has 0 unspecified atom stereocenters. The SMILES string of the molecule is Fc1cccc(Nc2nc(Nc3ccc(Cl)cc3)nc3c2cnn3-c2ccccc2)c1. The number of hydrogen-bond donors (Lipinski definition) is 2. The van der Waals surface area contributed by atoms with Crippen molar-refractivity contribution in [2.45, 2.75) is 0 Å². The lowest BCUT2D eigenvalue weighted by atomic mass is 10.3. The lowest BCUT2D eigenvalue weighted by Gasteiger charge is -2.11. The van der Waals surface area contributed by atoms with Crippen LogP contribution in [0, 0.1) is 5.82 Å². The molecular formula is C23H16ClFN6. The van der Waals surface area contributed by atoms with E-state index in [1.165, 1.54) is 12.1 Å². The summed E-state index contributed by atoms with van der Waals surface area (Å²) in [6.45, 7) is 0. The summed E-state index contributed by atoms with van der Waals surface area (Å²) in [6.07, 6.45) is 1.69. The summed E-state index contributed by atoms with van der Waals surface area (Å²) in [4.78, 5) is 9.29. The fourth-order valence-corrected chi connectivity index (χ4v) is 3.31. The highest BCUT2D eigenvalue weighted by Crippen LogP contribution is 2.28. The topological polar surface area (TPSA) is 67.7 Å². The van der Waals surface area contributed by atoms with Crippen LogP contribution in [-0.4, -0.2) is 19.7 Å². The highest BCUT2D eigenvalue weighted by Gasteiger charge is 2.15. The van der Waals surface area contributed by atoms with Crippen molar-refractivity contribution in [3.05, 3.63) is 95.9 Å². The summed E-state index contributed by atoms with van der Waals surface area (Å²) in [7, 11) is 0. The van der Waals surface area contributed by atoms with E-state index in [0.29, 0.717) is 33.5 Å². The van der Waals surface area contributed by atoms with Crippen molar-refractivity contribution >= 4 is 45.8 Å². The summed E-state index contributed by atoms with van der Waals surface area (Å²) >= 11 is 5.98. The van der Waals surface area contributed by atoms with Gasteiger partial charge in [-0.1, -0.05) is 35.9 Å². The number of benzene rings is 3. The summed E-state index contributed by atoms with van der Waals surface area (Å²) < 4.78 is 15.4. The number of nitrogens with one attached hydrogen (secondary N) is 2. The Morgan fingerprint density at radius 1 is 0.806 bits per heavy atom. The van der Waals surface area contributed by atoms with Crippen molar-refractivity contribution in [1.82, 2.24) is 19.7 Å². The first-order valence-electron chi connectivity index (χ1n) is 9.52. The van der Waals surface area contributed by atoms with Gasteiger partial charge in [-0.3, -0.25) is 0 Å². The van der Waals surface area contributed by atoms with Crippen molar-refractivity contribution in [3.8, 4) is 5.69 Å². The van der Waals surface area contributed by atoms with Crippen molar-refractivity contribution in [3.63, 3.8) is 0 Å². The molecule has 6 nitrogen and oxygen atoms in total. The number of rotatable bonds is 5. The van der Waals surface area contributed by atoms with Crippen molar-refractivity contribution in [2.75, 3.05) is 10.6 Å². The number of aromatic nitrogens is 4. The minimum Gasteiger partial charge on any atom is -0.339 e. The molecule has 0 bridgehead atoms. The third-order valence-corrected chi connectivity index (χ3v) is 4.87. The first-order valence-corrected chi connectivity index (χ1v) is 9.90. The lowest BCUT2D eigenvalue weighted by Crippen LogP contribution is -2.04. The van der Waals surface area contributed by atoms with E-state index >= 15 is 0 Å². The lowest BCUT2D eigenvalue weighted by molar-refractivity contribution is 0.628. The number of hydrogen-bond acceptors (Lipinski definition) is 5. The molecule has 0 aliphatic rings. The van der Waals surface area contributed by atoms with E-state index in [0.717, 1.165) is 11.4 Å². The average molecular weight is 431 g/mol. The molecule has 152 valence electrons. The second kappa shape index (κ2) is 8.04. The Morgan fingerprint density at radius 2 is 1.61 bits per heavy atom. The molecule has 0 saturated heterocycles. The zero-order valence-electron chi connectivity index (χ0n) is 16.1. The predicted octanol–water partition coefficient (Wildman–Crippen LogP) is 6.10. The van der Waals surface area contributed by atoms with Crippen LogP contribution < -0.4 is 10.6 Å². The van der Waals surface area contributed by atoms with Crippen LogP contribution in [0.15, 0.2) is 85.1 Å². The minimum atomic E-state index is -0.338. The highest BCUT2D eigenvalue weighted by molar-refractivity contribution is 6.30. The largest absolute Gasteiger partial charge is 0.339 e. The molecule has 0 fully saturated rings. The van der Waals surface area contributed by atoms with Gasteiger partial charge in [0.25, 0.3) is 0 Å². The van der Waals surface area contributed by atoms with E-state index in [-0.39, 0.29) is 5.82 Å². The maximum atomic E-state index is 13.7. The monoisotopic (exact) mass is 430 g/mol. The smallest absolute Gasteiger partial charge is 0.231 e. The van der Waals surface area contributed by atoms with Crippen LogP contribution >= 0.6 is 11.6 Å². The van der Waals surface area contributed by atoms with Crippen molar-refractivity contribution in [2.24, 2.45) is 0 Å². The van der Waals surface area contributed by atoms with Gasteiger partial charge in [0.15, 0.2) is 5.65 Å². The first-order chi connectivity index (χ1) is 15.2. The Labute approximate surface area is 182 Å². The molecule has 31 heavy (non-hydrogen) atoms. The van der Waals surface area contributed by atoms with Gasteiger partial charge in [0, 0.05) is 16.4 Å². The van der Waals surface area contributed by atoms with Crippen LogP contribution in [-0.2, 0) is 0 Å². The number of halogens is 2. The van der Waals surface area contributed by atoms with E-state index in [2.05, 4.69) is 25.7 Å². The van der Waals surface area contributed by atoms with E-state index in [1.54, 1.807) is 35.1 Å². The molecule has 0 aliphatic heterocycles. The average Bonchev–Trinajstić information content (AvgIpc) is 3.20. The van der Waals surface area contributed by atoms with E-state index in [4.69, 9.17) is 11.6 Å². The van der Waals surface area contributed by atoms with E-state index in [9.17, 15) is 4.39 Å². The Kier molecular flexibility index (Phi) is 4.93. The van der Waals surface area contributed by atoms with Crippen LogP contribution in [0.2, 0.25) is 5.02 Å². The van der Waals surface area contributed by atoms with Gasteiger partial charge >= 0.3 is 0 Å². The molecule has 2 aromatic heterocycles. The van der Waals surface area contributed by atoms with Crippen LogP contribution in [0.3, 0.4) is 0 Å². The fraction of sp³-hybridized carbons (Fsp3) is 0. The predicted molar refractivity (Wildman–Crippen MR) is 121 cm³/mol. The second-order valence-electron chi connectivity index (χ2n) is 6.79. The Hall–Kier alpha value is -3.97.